The molecule has 2 atom stereocenters. The lowest BCUT2D eigenvalue weighted by atomic mass is 10.2. The molecule has 0 aromatic carbocycles. The van der Waals surface area contributed by atoms with E-state index in [0.29, 0.717) is 17.3 Å². The fourth-order valence-corrected chi connectivity index (χ4v) is 2.05. The fourth-order valence-electron chi connectivity index (χ4n) is 1.22. The van der Waals surface area contributed by atoms with Gasteiger partial charge in [-0.1, -0.05) is 18.2 Å². The number of hydrogen-bond acceptors (Lipinski definition) is 5. The Balaban J connectivity index is 4.37. The van der Waals surface area contributed by atoms with Gasteiger partial charge in [0.1, 0.15) is 0 Å². The summed E-state index contributed by atoms with van der Waals surface area (Å²) in [5.41, 5.74) is 0.0575. The van der Waals surface area contributed by atoms with Crippen LogP contribution in [0.15, 0.2) is 12.2 Å². The summed E-state index contributed by atoms with van der Waals surface area (Å²) in [5.74, 6) is -0.915. The summed E-state index contributed by atoms with van der Waals surface area (Å²) >= 11 is 0. The van der Waals surface area contributed by atoms with Crippen LogP contribution >= 0.6 is 7.82 Å². The van der Waals surface area contributed by atoms with Gasteiger partial charge in [-0.3, -0.25) is 9.41 Å². The van der Waals surface area contributed by atoms with Crippen LogP contribution in [-0.2, 0) is 23.4 Å². The first kappa shape index (κ1) is 19.3. The molecule has 0 rings (SSSR count). The van der Waals surface area contributed by atoms with E-state index in [1.165, 1.54) is 6.92 Å². The van der Waals surface area contributed by atoms with Crippen LogP contribution in [0.3, 0.4) is 0 Å². The third kappa shape index (κ3) is 9.23. The monoisotopic (exact) mass is 310 g/mol. The highest BCUT2D eigenvalue weighted by atomic mass is 31.2. The molecule has 0 aliphatic rings. The second-order valence-electron chi connectivity index (χ2n) is 5.63. The average molecular weight is 310 g/mol. The molecular formula is C12H25NO6P+. The van der Waals surface area contributed by atoms with Crippen molar-refractivity contribution in [3.05, 3.63) is 12.2 Å². The van der Waals surface area contributed by atoms with Crippen LogP contribution < -0.4 is 0 Å². The first-order valence-corrected chi connectivity index (χ1v) is 7.84. The van der Waals surface area contributed by atoms with Crippen molar-refractivity contribution < 1.29 is 32.8 Å². The Bertz CT molecular complexity index is 390. The molecule has 0 aliphatic heterocycles. The molecule has 0 saturated carbocycles. The van der Waals surface area contributed by atoms with Gasteiger partial charge in [0.2, 0.25) is 0 Å². The normalized spacial score (nSPS) is 16.3. The minimum atomic E-state index is -4.43. The van der Waals surface area contributed by atoms with E-state index in [2.05, 4.69) is 16.1 Å². The van der Waals surface area contributed by atoms with Crippen LogP contribution in [0, 0.1) is 0 Å². The van der Waals surface area contributed by atoms with Crippen molar-refractivity contribution in [2.24, 2.45) is 0 Å². The topological polar surface area (TPSA) is 82.1 Å². The van der Waals surface area contributed by atoms with Crippen LogP contribution in [0.5, 0.6) is 0 Å². The number of nitrogens with zero attached hydrogens (tertiary/aromatic N) is 1. The number of phosphoric acid groups is 1. The lowest BCUT2D eigenvalue weighted by Crippen LogP contribution is -2.37. The molecule has 0 amide bonds. The number of quaternary nitrogens is 1. The Morgan fingerprint density at radius 2 is 1.95 bits per heavy atom. The van der Waals surface area contributed by atoms with Crippen molar-refractivity contribution in [1.82, 2.24) is 0 Å². The molecule has 0 radical (unpaired) electrons. The highest BCUT2D eigenvalue weighted by Crippen LogP contribution is 2.45. The molecule has 0 heterocycles. The Labute approximate surface area is 120 Å². The maximum Gasteiger partial charge on any atom is 0.508 e. The van der Waals surface area contributed by atoms with Crippen molar-refractivity contribution in [1.29, 1.82) is 0 Å². The summed E-state index contributed by atoms with van der Waals surface area (Å²) in [6.45, 7) is 7.32. The first-order chi connectivity index (χ1) is 8.97. The molecule has 0 aromatic heterocycles. The van der Waals surface area contributed by atoms with Crippen molar-refractivity contribution in [2.45, 2.75) is 32.8 Å². The quantitative estimate of drug-likeness (QED) is 0.231. The highest BCUT2D eigenvalue weighted by Gasteiger charge is 2.30. The molecule has 0 aliphatic carbocycles. The smallest absolute Gasteiger partial charge is 0.331 e. The third-order valence-corrected chi connectivity index (χ3v) is 3.24. The Morgan fingerprint density at radius 3 is 2.35 bits per heavy atom. The number of phosphoric ester groups is 1. The standard InChI is InChI=1S/C12H24NO6P/c1-7-11(8-9-13(4,5)6)18-20(15,16)19-17-12(14)10(2)3/h11H,2,7-9H2,1,3-6H3/p+1. The van der Waals surface area contributed by atoms with Crippen LogP contribution in [0.1, 0.15) is 26.7 Å². The summed E-state index contributed by atoms with van der Waals surface area (Å²) in [7, 11) is 1.60. The number of carbonyl (C=O) groups is 1. The van der Waals surface area contributed by atoms with Crippen molar-refractivity contribution in [3.8, 4) is 0 Å². The molecule has 0 saturated heterocycles. The molecule has 0 fully saturated rings. The van der Waals surface area contributed by atoms with E-state index in [9.17, 15) is 14.3 Å². The largest absolute Gasteiger partial charge is 0.508 e. The Hall–Kier alpha value is -0.720. The van der Waals surface area contributed by atoms with E-state index in [0.717, 1.165) is 6.54 Å². The average Bonchev–Trinajstić information content (AvgIpc) is 2.30. The van der Waals surface area contributed by atoms with E-state index in [1.807, 2.05) is 28.1 Å². The van der Waals surface area contributed by atoms with Crippen molar-refractivity contribution >= 4 is 13.8 Å². The van der Waals surface area contributed by atoms with Gasteiger partial charge in [-0.25, -0.2) is 9.36 Å². The minimum Gasteiger partial charge on any atom is -0.331 e. The van der Waals surface area contributed by atoms with Gasteiger partial charge >= 0.3 is 13.8 Å². The first-order valence-electron chi connectivity index (χ1n) is 6.34. The molecule has 7 nitrogen and oxygen atoms in total. The molecule has 20 heavy (non-hydrogen) atoms. The van der Waals surface area contributed by atoms with E-state index in [4.69, 9.17) is 4.52 Å². The predicted molar refractivity (Wildman–Crippen MR) is 74.5 cm³/mol. The van der Waals surface area contributed by atoms with Gasteiger partial charge in [0.05, 0.1) is 33.8 Å². The highest BCUT2D eigenvalue weighted by molar-refractivity contribution is 7.47. The van der Waals surface area contributed by atoms with Crippen LogP contribution in [0.2, 0.25) is 0 Å². The fraction of sp³-hybridized carbons (Fsp3) is 0.750. The Morgan fingerprint density at radius 1 is 1.40 bits per heavy atom. The van der Waals surface area contributed by atoms with E-state index in [-0.39, 0.29) is 5.57 Å². The van der Waals surface area contributed by atoms with Crippen LogP contribution in [-0.4, -0.2) is 49.1 Å². The molecule has 8 heteroatoms. The molecule has 0 bridgehead atoms. The van der Waals surface area contributed by atoms with E-state index < -0.39 is 19.9 Å². The van der Waals surface area contributed by atoms with E-state index in [1.54, 1.807) is 0 Å². The lowest BCUT2D eigenvalue weighted by Gasteiger charge is -2.26. The van der Waals surface area contributed by atoms with Gasteiger partial charge in [-0.15, -0.1) is 0 Å². The van der Waals surface area contributed by atoms with Crippen molar-refractivity contribution in [3.63, 3.8) is 0 Å². The maximum absolute atomic E-state index is 11.6. The summed E-state index contributed by atoms with van der Waals surface area (Å²) in [4.78, 5) is 24.7. The minimum absolute atomic E-state index is 0.0575. The number of rotatable bonds is 9. The Kier molecular flexibility index (Phi) is 7.62. The van der Waals surface area contributed by atoms with Crippen molar-refractivity contribution in [2.75, 3.05) is 27.7 Å². The zero-order valence-corrected chi connectivity index (χ0v) is 13.7. The SMILES string of the molecule is C=C(C)C(=O)OOP(=O)(O)OC(CC)CC[N+](C)(C)C. The van der Waals surface area contributed by atoms with Crippen LogP contribution in [0.4, 0.5) is 0 Å². The predicted octanol–water partition coefficient (Wildman–Crippen LogP) is 2.03. The lowest BCUT2D eigenvalue weighted by molar-refractivity contribution is -0.870. The molecule has 118 valence electrons. The third-order valence-electron chi connectivity index (χ3n) is 2.42. The number of carbonyl (C=O) groups excluding carboxylic acids is 1. The van der Waals surface area contributed by atoms with Gasteiger partial charge in [0, 0.05) is 12.0 Å². The van der Waals surface area contributed by atoms with Crippen LogP contribution in [0.25, 0.3) is 0 Å². The van der Waals surface area contributed by atoms with Gasteiger partial charge in [0.25, 0.3) is 0 Å². The zero-order chi connectivity index (χ0) is 16.0. The maximum atomic E-state index is 11.6. The van der Waals surface area contributed by atoms with E-state index >= 15 is 0 Å². The molecule has 1 N–H and O–H groups in total. The van der Waals surface area contributed by atoms with Gasteiger partial charge in [-0.2, -0.15) is 0 Å². The summed E-state index contributed by atoms with van der Waals surface area (Å²) in [6.07, 6.45) is 0.678. The molecule has 2 unspecified atom stereocenters. The summed E-state index contributed by atoms with van der Waals surface area (Å²) in [5, 5.41) is 0. The molecule has 0 spiro atoms. The molecule has 0 aromatic rings. The van der Waals surface area contributed by atoms with Gasteiger partial charge in [-0.05, 0) is 13.3 Å². The second-order valence-corrected chi connectivity index (χ2v) is 6.93. The molecular weight excluding hydrogens is 285 g/mol. The van der Waals surface area contributed by atoms with Gasteiger partial charge in [0.15, 0.2) is 0 Å². The number of hydrogen-bond donors (Lipinski definition) is 1. The summed E-state index contributed by atoms with van der Waals surface area (Å²) in [6, 6.07) is 0. The summed E-state index contributed by atoms with van der Waals surface area (Å²) < 4.78 is 21.5. The second kappa shape index (κ2) is 7.90. The van der Waals surface area contributed by atoms with Gasteiger partial charge < -0.3 is 9.38 Å². The zero-order valence-electron chi connectivity index (χ0n) is 12.8.